The van der Waals surface area contributed by atoms with E-state index in [-0.39, 0.29) is 11.8 Å². The lowest BCUT2D eigenvalue weighted by molar-refractivity contribution is -0.942. The Hall–Kier alpha value is -2.00. The van der Waals surface area contributed by atoms with E-state index in [4.69, 9.17) is 12.2 Å². The van der Waals surface area contributed by atoms with Crippen LogP contribution >= 0.6 is 12.2 Å². The van der Waals surface area contributed by atoms with Gasteiger partial charge in [0.2, 0.25) is 0 Å². The molecule has 2 aromatic carbocycles. The number of unbranched alkanes of at least 4 members (excludes halogenated alkanes) is 4. The Balaban J connectivity index is 1.35. The Morgan fingerprint density at radius 1 is 0.917 bits per heavy atom. The van der Waals surface area contributed by atoms with Crippen LogP contribution < -0.4 is 15.5 Å². The number of thiocarbonyl (C=S) groups is 1. The molecular weight excluding hydrogens is 633 g/mol. The van der Waals surface area contributed by atoms with E-state index in [0.29, 0.717) is 4.90 Å². The highest BCUT2D eigenvalue weighted by atomic mass is 32.2. The number of benzene rings is 2. The van der Waals surface area contributed by atoms with Gasteiger partial charge in [0, 0.05) is 30.0 Å². The van der Waals surface area contributed by atoms with Gasteiger partial charge in [-0.25, -0.2) is 8.42 Å². The number of quaternary nitrogens is 1. The van der Waals surface area contributed by atoms with E-state index in [1.165, 1.54) is 62.8 Å². The zero-order valence-corrected chi connectivity index (χ0v) is 32.0. The van der Waals surface area contributed by atoms with Crippen molar-refractivity contribution in [3.63, 3.8) is 0 Å². The van der Waals surface area contributed by atoms with Crippen molar-refractivity contribution in [2.45, 2.75) is 128 Å². The Bertz CT molecular complexity index is 1440. The molecule has 4 aliphatic heterocycles. The number of anilines is 2. The zero-order chi connectivity index (χ0) is 34.2. The van der Waals surface area contributed by atoms with Crippen LogP contribution in [0.25, 0.3) is 0 Å². The molecule has 0 saturated carbocycles. The third-order valence-electron chi connectivity index (χ3n) is 11.8. The van der Waals surface area contributed by atoms with Gasteiger partial charge in [0.1, 0.15) is 0 Å². The summed E-state index contributed by atoms with van der Waals surface area (Å²) in [5.41, 5.74) is 3.50. The van der Waals surface area contributed by atoms with Gasteiger partial charge in [-0.15, -0.1) is 0 Å². The largest absolute Gasteiger partial charge is 0.372 e. The fourth-order valence-corrected chi connectivity index (χ4v) is 11.1. The Morgan fingerprint density at radius 2 is 1.60 bits per heavy atom. The lowest BCUT2D eigenvalue weighted by Crippen LogP contribution is -2.58. The molecule has 2 aromatic rings. The molecule has 0 radical (unpaired) electrons. The van der Waals surface area contributed by atoms with Crippen molar-refractivity contribution in [3.05, 3.63) is 53.6 Å². The van der Waals surface area contributed by atoms with E-state index < -0.39 is 15.4 Å². The van der Waals surface area contributed by atoms with Crippen molar-refractivity contribution in [1.82, 2.24) is 5.32 Å². The quantitative estimate of drug-likeness (QED) is 0.0979. The number of piperidine rings is 3. The summed E-state index contributed by atoms with van der Waals surface area (Å²) in [5.74, 6) is 1.15. The molecule has 0 aromatic heterocycles. The highest BCUT2D eigenvalue weighted by Crippen LogP contribution is 2.41. The van der Waals surface area contributed by atoms with Gasteiger partial charge in [0.25, 0.3) is 0 Å². The van der Waals surface area contributed by atoms with Crippen molar-refractivity contribution >= 4 is 38.4 Å². The molecule has 4 aliphatic rings. The smallest absolute Gasteiger partial charge is 0.180 e. The topological polar surface area (TPSA) is 61.4 Å². The van der Waals surface area contributed by atoms with E-state index in [1.54, 1.807) is 0 Å². The molecule has 8 heteroatoms. The third kappa shape index (κ3) is 9.01. The predicted molar refractivity (Wildman–Crippen MR) is 207 cm³/mol. The summed E-state index contributed by atoms with van der Waals surface area (Å²) in [7, 11) is -3.52. The summed E-state index contributed by atoms with van der Waals surface area (Å²) in [6.45, 7) is 16.0. The first-order chi connectivity index (χ1) is 23.1. The maximum atomic E-state index is 14.2. The van der Waals surface area contributed by atoms with Crippen LogP contribution in [0.2, 0.25) is 0 Å². The van der Waals surface area contributed by atoms with Crippen LogP contribution in [0.4, 0.5) is 11.4 Å². The second-order valence-corrected chi connectivity index (χ2v) is 17.6. The van der Waals surface area contributed by atoms with Gasteiger partial charge in [0.15, 0.2) is 9.84 Å². The Morgan fingerprint density at radius 3 is 2.25 bits per heavy atom. The fraction of sp³-hybridized carbons (Fsp3) is 0.675. The van der Waals surface area contributed by atoms with Crippen molar-refractivity contribution in [2.75, 3.05) is 55.2 Å². The first-order valence-corrected chi connectivity index (χ1v) is 21.4. The number of nitrogens with zero attached hydrogens (tertiary/aromatic N) is 2. The maximum absolute atomic E-state index is 14.2. The van der Waals surface area contributed by atoms with E-state index in [9.17, 15) is 8.42 Å². The van der Waals surface area contributed by atoms with Crippen LogP contribution in [-0.2, 0) is 9.84 Å². The molecule has 3 saturated heterocycles. The normalized spacial score (nSPS) is 24.1. The second kappa shape index (κ2) is 16.8. The van der Waals surface area contributed by atoms with Crippen LogP contribution in [0.3, 0.4) is 0 Å². The summed E-state index contributed by atoms with van der Waals surface area (Å²) in [4.78, 5) is 3.66. The Labute approximate surface area is 298 Å². The predicted octanol–water partition coefficient (Wildman–Crippen LogP) is 9.05. The molecule has 0 spiro atoms. The molecule has 4 heterocycles. The lowest BCUT2D eigenvalue weighted by atomic mass is 9.85. The van der Waals surface area contributed by atoms with E-state index in [2.05, 4.69) is 73.6 Å². The van der Waals surface area contributed by atoms with Gasteiger partial charge in [-0.1, -0.05) is 63.9 Å². The molecule has 266 valence electrons. The molecule has 0 aliphatic carbocycles. The van der Waals surface area contributed by atoms with Gasteiger partial charge in [-0.05, 0) is 119 Å². The average Bonchev–Trinajstić information content (AvgIpc) is 3.19. The summed E-state index contributed by atoms with van der Waals surface area (Å²) in [6.07, 6.45) is 14.6. The summed E-state index contributed by atoms with van der Waals surface area (Å²) < 4.78 is 29.8. The minimum Gasteiger partial charge on any atom is -0.372 e. The highest BCUT2D eigenvalue weighted by Gasteiger charge is 2.43. The lowest BCUT2D eigenvalue weighted by Gasteiger charge is -2.49. The minimum absolute atomic E-state index is 0.136. The maximum Gasteiger partial charge on any atom is 0.180 e. The third-order valence-corrected chi connectivity index (χ3v) is 14.1. The molecule has 0 amide bonds. The van der Waals surface area contributed by atoms with Crippen molar-refractivity contribution in [1.29, 1.82) is 0 Å². The van der Waals surface area contributed by atoms with E-state index in [1.807, 2.05) is 12.1 Å². The van der Waals surface area contributed by atoms with Crippen LogP contribution in [0.1, 0.15) is 128 Å². The standard InChI is InChI=1S/C40H62N4O2S2/c1-5-9-23-40(24-10-6-2)31-48(45,46)37-19-18-35(43(7-3)8-4)30-36(37)39(42-40)33-15-14-16-34(29-33)41-38(47)17-12-11-13-25-44-26-20-32(21-27-44)22-28-44/h14-16,18-19,29-30,32,39,42H,5-13,17,20-28,31H2,1-4H3/p+1. The Kier molecular flexibility index (Phi) is 13.0. The first kappa shape index (κ1) is 37.3. The van der Waals surface area contributed by atoms with Crippen molar-refractivity contribution < 1.29 is 12.9 Å². The fourth-order valence-electron chi connectivity index (χ4n) is 8.81. The van der Waals surface area contributed by atoms with Crippen LogP contribution in [0.15, 0.2) is 47.4 Å². The number of rotatable bonds is 17. The summed E-state index contributed by atoms with van der Waals surface area (Å²) >= 11 is 5.87. The molecule has 2 N–H and O–H groups in total. The first-order valence-electron chi connectivity index (χ1n) is 19.3. The summed E-state index contributed by atoms with van der Waals surface area (Å²) in [5, 5.41) is 7.59. The SMILES string of the molecule is CCCCC1(CCCC)CS(=O)(=O)c2ccc(N(CC)CC)cc2C(c2cccc(NC(=S)CCCCC[N+]34CCC(CC3)CC4)c2)N1. The van der Waals surface area contributed by atoms with Gasteiger partial charge in [0.05, 0.1) is 47.9 Å². The second-order valence-electron chi connectivity index (χ2n) is 15.2. The number of fused-ring (bicyclic) bond motifs is 4. The van der Waals surface area contributed by atoms with Gasteiger partial charge in [-0.3, -0.25) is 5.32 Å². The highest BCUT2D eigenvalue weighted by molar-refractivity contribution is 7.91. The van der Waals surface area contributed by atoms with Gasteiger partial charge >= 0.3 is 0 Å². The minimum atomic E-state index is -3.52. The van der Waals surface area contributed by atoms with Gasteiger partial charge in [-0.2, -0.15) is 0 Å². The molecule has 2 bridgehead atoms. The van der Waals surface area contributed by atoms with Crippen LogP contribution in [0, 0.1) is 5.92 Å². The van der Waals surface area contributed by atoms with Crippen LogP contribution in [-0.4, -0.2) is 68.4 Å². The molecule has 6 nitrogen and oxygen atoms in total. The van der Waals surface area contributed by atoms with Gasteiger partial charge < -0.3 is 14.7 Å². The number of hydrogen-bond acceptors (Lipinski definition) is 5. The monoisotopic (exact) mass is 695 g/mol. The molecule has 6 rings (SSSR count). The molecule has 1 unspecified atom stereocenters. The number of sulfone groups is 1. The molecule has 1 atom stereocenters. The molecule has 3 fully saturated rings. The van der Waals surface area contributed by atoms with Crippen molar-refractivity contribution in [3.8, 4) is 0 Å². The average molecular weight is 696 g/mol. The van der Waals surface area contributed by atoms with Crippen molar-refractivity contribution in [2.24, 2.45) is 5.92 Å². The van der Waals surface area contributed by atoms with E-state index >= 15 is 0 Å². The molecule has 48 heavy (non-hydrogen) atoms. The summed E-state index contributed by atoms with van der Waals surface area (Å²) in [6, 6.07) is 14.3. The molecular formula is C40H63N4O2S2+. The zero-order valence-electron chi connectivity index (χ0n) is 30.4. The van der Waals surface area contributed by atoms with Crippen LogP contribution in [0.5, 0.6) is 0 Å². The van der Waals surface area contributed by atoms with E-state index in [0.717, 1.165) is 97.9 Å². The number of nitrogens with one attached hydrogen (secondary N) is 2. The number of hydrogen-bond donors (Lipinski definition) is 2.